The Labute approximate surface area is 90.3 Å². The number of thioether (sulfide) groups is 1. The van der Waals surface area contributed by atoms with Crippen LogP contribution in [0.25, 0.3) is 10.1 Å². The number of thiophene rings is 1. The van der Waals surface area contributed by atoms with E-state index < -0.39 is 0 Å². The van der Waals surface area contributed by atoms with Crippen molar-refractivity contribution in [1.82, 2.24) is 0 Å². The summed E-state index contributed by atoms with van der Waals surface area (Å²) >= 11 is 3.16. The molecule has 0 aliphatic carbocycles. The zero-order chi connectivity index (χ0) is 10.1. The average molecular weight is 220 g/mol. The van der Waals surface area contributed by atoms with Crippen LogP contribution >= 0.6 is 23.1 Å². The first-order valence-electron chi connectivity index (χ1n) is 4.01. The molecule has 2 N–H and O–H groups in total. The van der Waals surface area contributed by atoms with Gasteiger partial charge in [0.05, 0.1) is 16.6 Å². The van der Waals surface area contributed by atoms with Crippen molar-refractivity contribution in [2.75, 3.05) is 12.0 Å². The lowest BCUT2D eigenvalue weighted by Crippen LogP contribution is -1.77. The Morgan fingerprint density at radius 1 is 1.43 bits per heavy atom. The predicted octanol–water partition coefficient (Wildman–Crippen LogP) is 3.08. The second-order valence-electron chi connectivity index (χ2n) is 2.85. The number of fused-ring (bicyclic) bond motifs is 1. The number of hydrogen-bond acceptors (Lipinski definition) is 4. The molecule has 0 saturated carbocycles. The number of nitrogens with two attached hydrogens (primary N) is 1. The minimum atomic E-state index is 0.708. The molecule has 0 radical (unpaired) electrons. The van der Waals surface area contributed by atoms with Crippen LogP contribution in [0.1, 0.15) is 5.56 Å². The smallest absolute Gasteiger partial charge is 0.0998 e. The predicted molar refractivity (Wildman–Crippen MR) is 62.7 cm³/mol. The van der Waals surface area contributed by atoms with E-state index in [1.165, 1.54) is 11.3 Å². The molecular weight excluding hydrogens is 212 g/mol. The summed E-state index contributed by atoms with van der Waals surface area (Å²) in [5, 5.41) is 10.7. The average Bonchev–Trinajstić information content (AvgIpc) is 2.56. The molecule has 0 spiro atoms. The maximum atomic E-state index is 8.97. The first-order chi connectivity index (χ1) is 6.74. The monoisotopic (exact) mass is 220 g/mol. The van der Waals surface area contributed by atoms with Gasteiger partial charge in [0.25, 0.3) is 0 Å². The van der Waals surface area contributed by atoms with Gasteiger partial charge in [0.15, 0.2) is 0 Å². The summed E-state index contributed by atoms with van der Waals surface area (Å²) in [6.45, 7) is 0. The van der Waals surface area contributed by atoms with Crippen molar-refractivity contribution in [3.05, 3.63) is 23.8 Å². The van der Waals surface area contributed by atoms with Gasteiger partial charge in [-0.05, 0) is 24.5 Å². The molecule has 0 bridgehead atoms. The zero-order valence-electron chi connectivity index (χ0n) is 7.57. The van der Waals surface area contributed by atoms with Crippen LogP contribution in [-0.4, -0.2) is 6.26 Å². The third-order valence-electron chi connectivity index (χ3n) is 1.99. The van der Waals surface area contributed by atoms with Gasteiger partial charge in [-0.3, -0.25) is 0 Å². The van der Waals surface area contributed by atoms with Crippen LogP contribution in [0.3, 0.4) is 0 Å². The van der Waals surface area contributed by atoms with E-state index in [4.69, 9.17) is 11.0 Å². The van der Waals surface area contributed by atoms with E-state index >= 15 is 0 Å². The third kappa shape index (κ3) is 1.45. The highest BCUT2D eigenvalue weighted by atomic mass is 32.2. The van der Waals surface area contributed by atoms with E-state index in [0.717, 1.165) is 20.0 Å². The van der Waals surface area contributed by atoms with Gasteiger partial charge in [0, 0.05) is 15.0 Å². The van der Waals surface area contributed by atoms with Crippen LogP contribution < -0.4 is 5.73 Å². The minimum absolute atomic E-state index is 0.708. The fourth-order valence-electron chi connectivity index (χ4n) is 1.34. The first-order valence-corrected chi connectivity index (χ1v) is 6.06. The number of nitrogens with zero attached hydrogens (tertiary/aromatic N) is 1. The summed E-state index contributed by atoms with van der Waals surface area (Å²) in [5.74, 6) is 0. The summed E-state index contributed by atoms with van der Waals surface area (Å²) in [6.07, 6.45) is 2.00. The maximum Gasteiger partial charge on any atom is 0.0998 e. The first kappa shape index (κ1) is 9.38. The second kappa shape index (κ2) is 3.52. The summed E-state index contributed by atoms with van der Waals surface area (Å²) in [6, 6.07) is 8.03. The fourth-order valence-corrected chi connectivity index (χ4v) is 2.79. The van der Waals surface area contributed by atoms with Crippen LogP contribution in [0.2, 0.25) is 0 Å². The molecule has 2 aromatic rings. The molecule has 0 aliphatic rings. The van der Waals surface area contributed by atoms with Gasteiger partial charge >= 0.3 is 0 Å². The Bertz CT molecular complexity index is 523. The Hall–Kier alpha value is -1.18. The Balaban J connectivity index is 2.80. The minimum Gasteiger partial charge on any atom is -0.391 e. The number of nitriles is 1. The highest BCUT2D eigenvalue weighted by Gasteiger charge is 2.06. The molecule has 1 heterocycles. The largest absolute Gasteiger partial charge is 0.391 e. The van der Waals surface area contributed by atoms with Crippen LogP contribution in [0.15, 0.2) is 23.1 Å². The molecule has 0 aliphatic heterocycles. The van der Waals surface area contributed by atoms with E-state index in [2.05, 4.69) is 12.1 Å². The van der Waals surface area contributed by atoms with Crippen LogP contribution in [0.4, 0.5) is 5.00 Å². The second-order valence-corrected chi connectivity index (χ2v) is 4.84. The van der Waals surface area contributed by atoms with Crippen molar-refractivity contribution in [2.45, 2.75) is 4.90 Å². The molecule has 4 heteroatoms. The lowest BCUT2D eigenvalue weighted by Gasteiger charge is -1.97. The number of anilines is 1. The molecule has 1 aromatic carbocycles. The number of benzene rings is 1. The Kier molecular flexibility index (Phi) is 2.36. The molecule has 2 nitrogen and oxygen atoms in total. The molecule has 70 valence electrons. The van der Waals surface area contributed by atoms with Crippen molar-refractivity contribution < 1.29 is 0 Å². The molecule has 0 saturated heterocycles. The van der Waals surface area contributed by atoms with Crippen molar-refractivity contribution in [2.24, 2.45) is 0 Å². The van der Waals surface area contributed by atoms with E-state index in [0.29, 0.717) is 5.56 Å². The maximum absolute atomic E-state index is 8.97. The quantitative estimate of drug-likeness (QED) is 0.751. The van der Waals surface area contributed by atoms with Gasteiger partial charge in [0.1, 0.15) is 0 Å². The summed E-state index contributed by atoms with van der Waals surface area (Å²) < 4.78 is 1.09. The Morgan fingerprint density at radius 3 is 2.86 bits per heavy atom. The number of hydrogen-bond donors (Lipinski definition) is 1. The van der Waals surface area contributed by atoms with E-state index in [1.54, 1.807) is 11.8 Å². The molecule has 2 rings (SSSR count). The lowest BCUT2D eigenvalue weighted by atomic mass is 10.1. The normalized spacial score (nSPS) is 10.3. The Morgan fingerprint density at radius 2 is 2.21 bits per heavy atom. The summed E-state index contributed by atoms with van der Waals surface area (Å²) in [7, 11) is 0. The fraction of sp³-hybridized carbons (Fsp3) is 0.100. The molecular formula is C10H8N2S2. The highest BCUT2D eigenvalue weighted by molar-refractivity contribution is 7.98. The summed E-state index contributed by atoms with van der Waals surface area (Å²) in [4.78, 5) is 1.11. The zero-order valence-corrected chi connectivity index (χ0v) is 9.21. The van der Waals surface area contributed by atoms with Gasteiger partial charge in [0.2, 0.25) is 0 Å². The van der Waals surface area contributed by atoms with E-state index in [-0.39, 0.29) is 0 Å². The topological polar surface area (TPSA) is 49.8 Å². The molecule has 0 amide bonds. The molecule has 0 unspecified atom stereocenters. The van der Waals surface area contributed by atoms with E-state index in [1.807, 2.05) is 18.4 Å². The number of nitrogen functional groups attached to an aromatic ring is 1. The number of rotatable bonds is 1. The standard InChI is InChI=1S/C10H8N2S2/c1-13-7-2-6(5-11)8-4-10(12)14-9(8)3-7/h2-4H,12H2,1H3. The molecule has 0 atom stereocenters. The molecule has 0 fully saturated rings. The highest BCUT2D eigenvalue weighted by Crippen LogP contribution is 2.33. The van der Waals surface area contributed by atoms with Gasteiger partial charge < -0.3 is 5.73 Å². The van der Waals surface area contributed by atoms with Gasteiger partial charge in [-0.25, -0.2) is 0 Å². The third-order valence-corrected chi connectivity index (χ3v) is 3.60. The van der Waals surface area contributed by atoms with Crippen LogP contribution in [0.5, 0.6) is 0 Å². The van der Waals surface area contributed by atoms with Crippen LogP contribution in [-0.2, 0) is 0 Å². The molecule has 1 aromatic heterocycles. The van der Waals surface area contributed by atoms with E-state index in [9.17, 15) is 0 Å². The van der Waals surface area contributed by atoms with Crippen molar-refractivity contribution in [1.29, 1.82) is 5.26 Å². The molecule has 14 heavy (non-hydrogen) atoms. The van der Waals surface area contributed by atoms with Crippen molar-refractivity contribution in [3.63, 3.8) is 0 Å². The van der Waals surface area contributed by atoms with Crippen molar-refractivity contribution >= 4 is 38.2 Å². The SMILES string of the molecule is CSc1cc(C#N)c2cc(N)sc2c1. The van der Waals surface area contributed by atoms with Gasteiger partial charge in [-0.15, -0.1) is 23.1 Å². The van der Waals surface area contributed by atoms with Gasteiger partial charge in [-0.2, -0.15) is 5.26 Å². The van der Waals surface area contributed by atoms with Gasteiger partial charge in [-0.1, -0.05) is 0 Å². The van der Waals surface area contributed by atoms with Crippen molar-refractivity contribution in [3.8, 4) is 6.07 Å². The van der Waals surface area contributed by atoms with Crippen LogP contribution in [0, 0.1) is 11.3 Å². The lowest BCUT2D eigenvalue weighted by molar-refractivity contribution is 1.45. The summed E-state index contributed by atoms with van der Waals surface area (Å²) in [5.41, 5.74) is 6.42.